The number of benzene rings is 1. The molecule has 0 saturated heterocycles. The third-order valence-electron chi connectivity index (χ3n) is 2.30. The fourth-order valence-electron chi connectivity index (χ4n) is 1.47. The summed E-state index contributed by atoms with van der Waals surface area (Å²) >= 11 is 0. The van der Waals surface area contributed by atoms with Gasteiger partial charge in [-0.1, -0.05) is 37.3 Å². The van der Waals surface area contributed by atoms with Gasteiger partial charge in [0.05, 0.1) is 5.56 Å². The number of carboxylic acids is 1. The molecule has 0 unspecified atom stereocenters. The van der Waals surface area contributed by atoms with E-state index in [1.54, 1.807) is 12.1 Å². The van der Waals surface area contributed by atoms with Gasteiger partial charge in [-0.25, -0.2) is 4.79 Å². The first-order valence-electron chi connectivity index (χ1n) is 4.66. The highest BCUT2D eigenvalue weighted by molar-refractivity contribution is 5.92. The lowest BCUT2D eigenvalue weighted by atomic mass is 9.99. The van der Waals surface area contributed by atoms with Gasteiger partial charge >= 0.3 is 5.97 Å². The second-order valence-electron chi connectivity index (χ2n) is 3.10. The van der Waals surface area contributed by atoms with Crippen molar-refractivity contribution < 1.29 is 15.0 Å². The van der Waals surface area contributed by atoms with Crippen LogP contribution in [0.1, 0.15) is 35.3 Å². The first kappa shape index (κ1) is 10.6. The van der Waals surface area contributed by atoms with Crippen molar-refractivity contribution in [3.63, 3.8) is 0 Å². The van der Waals surface area contributed by atoms with Crippen LogP contribution < -0.4 is 5.11 Å². The Morgan fingerprint density at radius 1 is 1.29 bits per heavy atom. The molecule has 1 aromatic rings. The molecule has 0 aromatic heterocycles. The molecule has 0 aliphatic heterocycles. The van der Waals surface area contributed by atoms with Crippen molar-refractivity contribution in [3.8, 4) is 5.75 Å². The predicted molar refractivity (Wildman–Crippen MR) is 51.6 cm³/mol. The van der Waals surface area contributed by atoms with Gasteiger partial charge < -0.3 is 10.2 Å². The standard InChI is InChI=1S/C11H14O3/c1-3-7-5-6-8(4-2)10(12)9(7)11(13)14/h5-6,12H,3-4H2,1-2H3,(H,13,14)/p-1. The van der Waals surface area contributed by atoms with E-state index in [2.05, 4.69) is 0 Å². The van der Waals surface area contributed by atoms with Gasteiger partial charge in [-0.05, 0) is 18.4 Å². The number of hydrogen-bond donors (Lipinski definition) is 1. The Hall–Kier alpha value is -1.51. The molecule has 1 N–H and O–H groups in total. The van der Waals surface area contributed by atoms with E-state index in [4.69, 9.17) is 5.11 Å². The van der Waals surface area contributed by atoms with Crippen molar-refractivity contribution in [3.05, 3.63) is 28.8 Å². The first-order chi connectivity index (χ1) is 6.61. The molecule has 0 fully saturated rings. The summed E-state index contributed by atoms with van der Waals surface area (Å²) in [4.78, 5) is 10.9. The molecule has 1 rings (SSSR count). The Balaban J connectivity index is 3.39. The molecule has 1 aromatic carbocycles. The molecule has 0 saturated carbocycles. The van der Waals surface area contributed by atoms with E-state index in [1.165, 1.54) is 0 Å². The Kier molecular flexibility index (Phi) is 3.12. The summed E-state index contributed by atoms with van der Waals surface area (Å²) in [7, 11) is 0. The van der Waals surface area contributed by atoms with Gasteiger partial charge in [0.1, 0.15) is 0 Å². The van der Waals surface area contributed by atoms with Gasteiger partial charge in [-0.2, -0.15) is 0 Å². The number of hydrogen-bond acceptors (Lipinski definition) is 2. The molecular formula is C11H13O3-. The fraction of sp³-hybridized carbons (Fsp3) is 0.364. The van der Waals surface area contributed by atoms with Crippen LogP contribution >= 0.6 is 0 Å². The number of carboxylic acid groups (broad SMARTS) is 1. The van der Waals surface area contributed by atoms with E-state index in [-0.39, 0.29) is 11.3 Å². The normalized spacial score (nSPS) is 10.1. The quantitative estimate of drug-likeness (QED) is 0.792. The molecule has 0 bridgehead atoms. The zero-order valence-electron chi connectivity index (χ0n) is 8.33. The molecule has 0 atom stereocenters. The average Bonchev–Trinajstić information content (AvgIpc) is 2.16. The number of rotatable bonds is 3. The van der Waals surface area contributed by atoms with E-state index in [1.807, 2.05) is 13.8 Å². The van der Waals surface area contributed by atoms with E-state index in [0.717, 1.165) is 0 Å². The van der Waals surface area contributed by atoms with E-state index in [9.17, 15) is 9.90 Å². The van der Waals surface area contributed by atoms with E-state index in [0.29, 0.717) is 24.0 Å². The molecule has 0 aliphatic carbocycles. The smallest absolute Gasteiger partial charge is 0.335 e. The summed E-state index contributed by atoms with van der Waals surface area (Å²) in [5.41, 5.74) is 1.12. The molecule has 76 valence electrons. The Bertz CT molecular complexity index is 356. The van der Waals surface area contributed by atoms with Crippen molar-refractivity contribution in [2.75, 3.05) is 0 Å². The molecule has 3 heteroatoms. The maximum atomic E-state index is 11.6. The van der Waals surface area contributed by atoms with Crippen LogP contribution in [0, 0.1) is 0 Å². The van der Waals surface area contributed by atoms with Crippen molar-refractivity contribution >= 4 is 5.97 Å². The lowest BCUT2D eigenvalue weighted by Crippen LogP contribution is -2.10. The monoisotopic (exact) mass is 193 g/mol. The molecule has 0 heterocycles. The maximum Gasteiger partial charge on any atom is 0.335 e. The molecule has 0 spiro atoms. The van der Waals surface area contributed by atoms with E-state index >= 15 is 0 Å². The van der Waals surface area contributed by atoms with Gasteiger partial charge in [0, 0.05) is 0 Å². The maximum absolute atomic E-state index is 11.6. The van der Waals surface area contributed by atoms with Gasteiger partial charge in [-0.15, -0.1) is 0 Å². The number of aryl methyl sites for hydroxylation is 2. The summed E-state index contributed by atoms with van der Waals surface area (Å²) in [6, 6.07) is 3.44. The summed E-state index contributed by atoms with van der Waals surface area (Å²) in [6.45, 7) is 3.68. The second kappa shape index (κ2) is 4.13. The Labute approximate surface area is 83.0 Å². The largest absolute Gasteiger partial charge is 0.872 e. The summed E-state index contributed by atoms with van der Waals surface area (Å²) in [6.07, 6.45) is 1.14. The van der Waals surface area contributed by atoms with Crippen molar-refractivity contribution in [1.82, 2.24) is 0 Å². The fourth-order valence-corrected chi connectivity index (χ4v) is 1.47. The van der Waals surface area contributed by atoms with Crippen LogP contribution in [-0.4, -0.2) is 11.1 Å². The lowest BCUT2D eigenvalue weighted by Gasteiger charge is -2.18. The van der Waals surface area contributed by atoms with Crippen molar-refractivity contribution in [1.29, 1.82) is 0 Å². The van der Waals surface area contributed by atoms with Crippen LogP contribution in [0.2, 0.25) is 0 Å². The lowest BCUT2D eigenvalue weighted by molar-refractivity contribution is -0.270. The Morgan fingerprint density at radius 2 is 1.79 bits per heavy atom. The average molecular weight is 193 g/mol. The summed E-state index contributed by atoms with van der Waals surface area (Å²) in [5.74, 6) is -1.46. The second-order valence-corrected chi connectivity index (χ2v) is 3.10. The zero-order valence-corrected chi connectivity index (χ0v) is 8.33. The van der Waals surface area contributed by atoms with Crippen LogP contribution in [0.3, 0.4) is 0 Å². The van der Waals surface area contributed by atoms with Crippen LogP contribution in [0.15, 0.2) is 12.1 Å². The molecule has 3 nitrogen and oxygen atoms in total. The number of carbonyl (C=O) groups is 1. The van der Waals surface area contributed by atoms with E-state index < -0.39 is 5.97 Å². The minimum Gasteiger partial charge on any atom is -0.872 e. The van der Waals surface area contributed by atoms with Gasteiger partial charge in [0.2, 0.25) is 0 Å². The molecule has 14 heavy (non-hydrogen) atoms. The van der Waals surface area contributed by atoms with Crippen molar-refractivity contribution in [2.24, 2.45) is 0 Å². The molecule has 0 radical (unpaired) electrons. The SMILES string of the molecule is CCc1ccc(CC)c(C(=O)O)c1[O-]. The third-order valence-corrected chi connectivity index (χ3v) is 2.30. The van der Waals surface area contributed by atoms with Crippen LogP contribution in [0.25, 0.3) is 0 Å². The van der Waals surface area contributed by atoms with Crippen LogP contribution in [0.5, 0.6) is 5.75 Å². The highest BCUT2D eigenvalue weighted by Gasteiger charge is 2.11. The predicted octanol–water partition coefficient (Wildman–Crippen LogP) is 1.58. The van der Waals surface area contributed by atoms with Crippen LogP contribution in [0.4, 0.5) is 0 Å². The summed E-state index contributed by atoms with van der Waals surface area (Å²) < 4.78 is 0. The first-order valence-corrected chi connectivity index (χ1v) is 4.66. The van der Waals surface area contributed by atoms with Gasteiger partial charge in [0.15, 0.2) is 0 Å². The highest BCUT2D eigenvalue weighted by Crippen LogP contribution is 2.24. The summed E-state index contributed by atoms with van der Waals surface area (Å²) in [5, 5.41) is 20.5. The van der Waals surface area contributed by atoms with Gasteiger partial charge in [0.25, 0.3) is 0 Å². The van der Waals surface area contributed by atoms with Crippen LogP contribution in [-0.2, 0) is 12.8 Å². The highest BCUT2D eigenvalue weighted by atomic mass is 16.4. The molecule has 0 aliphatic rings. The topological polar surface area (TPSA) is 60.4 Å². The minimum atomic E-state index is -1.12. The number of aromatic carboxylic acids is 1. The molecule has 0 amide bonds. The van der Waals surface area contributed by atoms with Crippen molar-refractivity contribution in [2.45, 2.75) is 26.7 Å². The third kappa shape index (κ3) is 1.71. The molecular weight excluding hydrogens is 180 g/mol. The minimum absolute atomic E-state index is 0.0631. The Morgan fingerprint density at radius 3 is 2.21 bits per heavy atom. The van der Waals surface area contributed by atoms with Gasteiger partial charge in [-0.3, -0.25) is 0 Å². The zero-order chi connectivity index (χ0) is 10.7.